The maximum atomic E-state index is 11.5. The van der Waals surface area contributed by atoms with E-state index in [0.29, 0.717) is 16.7 Å². The first-order chi connectivity index (χ1) is 8.24. The van der Waals surface area contributed by atoms with Crippen molar-refractivity contribution in [2.24, 2.45) is 0 Å². The number of carbonyl (C=O) groups excluding carboxylic acids is 1. The highest BCUT2D eigenvalue weighted by molar-refractivity contribution is 6.30. The van der Waals surface area contributed by atoms with E-state index in [-0.39, 0.29) is 0 Å². The molecule has 2 aromatic rings. The van der Waals surface area contributed by atoms with Crippen molar-refractivity contribution >= 4 is 29.3 Å². The Balaban J connectivity index is 1.96. The molecule has 0 bridgehead atoms. The van der Waals surface area contributed by atoms with E-state index in [2.05, 4.69) is 25.6 Å². The minimum Gasteiger partial charge on any atom is -0.292 e. The van der Waals surface area contributed by atoms with Gasteiger partial charge in [-0.1, -0.05) is 11.6 Å². The Morgan fingerprint density at radius 2 is 1.88 bits per heavy atom. The van der Waals surface area contributed by atoms with Gasteiger partial charge < -0.3 is 0 Å². The van der Waals surface area contributed by atoms with Gasteiger partial charge in [-0.3, -0.25) is 15.6 Å². The minimum absolute atomic E-state index is 0.360. The molecule has 0 radical (unpaired) electrons. The molecule has 0 fully saturated rings. The molecular formula is C10H8ClN5O. The van der Waals surface area contributed by atoms with Gasteiger partial charge in [0.15, 0.2) is 5.82 Å². The molecule has 0 atom stereocenters. The molecule has 2 aromatic heterocycles. The van der Waals surface area contributed by atoms with Gasteiger partial charge in [-0.15, -0.1) is 0 Å². The van der Waals surface area contributed by atoms with E-state index in [1.807, 2.05) is 0 Å². The number of nitrogens with zero attached hydrogens (tertiary/aromatic N) is 3. The first kappa shape index (κ1) is 11.3. The van der Waals surface area contributed by atoms with E-state index in [1.165, 1.54) is 24.8 Å². The molecule has 86 valence electrons. The van der Waals surface area contributed by atoms with Crippen LogP contribution in [0.15, 0.2) is 36.9 Å². The maximum Gasteiger partial charge on any atom is 0.326 e. The molecule has 2 amide bonds. The summed E-state index contributed by atoms with van der Waals surface area (Å²) >= 11 is 5.67. The Kier molecular flexibility index (Phi) is 3.46. The van der Waals surface area contributed by atoms with Gasteiger partial charge in [0, 0.05) is 18.6 Å². The molecule has 17 heavy (non-hydrogen) atoms. The number of carbonyl (C=O) groups is 1. The van der Waals surface area contributed by atoms with Crippen LogP contribution in [-0.2, 0) is 0 Å². The van der Waals surface area contributed by atoms with Gasteiger partial charge in [0.05, 0.1) is 11.2 Å². The zero-order valence-corrected chi connectivity index (χ0v) is 9.35. The van der Waals surface area contributed by atoms with Crippen LogP contribution in [0.25, 0.3) is 0 Å². The molecule has 0 aliphatic carbocycles. The molecule has 0 saturated heterocycles. The first-order valence-corrected chi connectivity index (χ1v) is 5.07. The van der Waals surface area contributed by atoms with Crippen LogP contribution in [0.2, 0.25) is 5.02 Å². The van der Waals surface area contributed by atoms with E-state index < -0.39 is 6.03 Å². The molecule has 0 aliphatic heterocycles. The third-order valence-corrected chi connectivity index (χ3v) is 2.00. The minimum atomic E-state index is -0.444. The van der Waals surface area contributed by atoms with Crippen molar-refractivity contribution in [3.8, 4) is 0 Å². The molecule has 0 spiro atoms. The Labute approximate surface area is 102 Å². The Hall–Kier alpha value is -2.21. The number of nitrogens with one attached hydrogen (secondary N) is 2. The summed E-state index contributed by atoms with van der Waals surface area (Å²) in [7, 11) is 0. The van der Waals surface area contributed by atoms with Crippen LogP contribution in [0.5, 0.6) is 0 Å². The lowest BCUT2D eigenvalue weighted by Crippen LogP contribution is -2.20. The molecule has 0 aromatic carbocycles. The SMILES string of the molecule is O=C(Nc1ccc(Cl)cn1)Nc1cnccn1. The van der Waals surface area contributed by atoms with Gasteiger partial charge in [0.2, 0.25) is 0 Å². The average Bonchev–Trinajstić information content (AvgIpc) is 2.33. The van der Waals surface area contributed by atoms with Crippen LogP contribution in [0.4, 0.5) is 16.4 Å². The zero-order chi connectivity index (χ0) is 12.1. The van der Waals surface area contributed by atoms with Crippen molar-refractivity contribution in [2.75, 3.05) is 10.6 Å². The standard InChI is InChI=1S/C10H8ClN5O/c11-7-1-2-8(14-5-7)15-10(17)16-9-6-12-3-4-13-9/h1-6H,(H2,13,14,15,16,17). The summed E-state index contributed by atoms with van der Waals surface area (Å²) in [4.78, 5) is 23.1. The van der Waals surface area contributed by atoms with Gasteiger partial charge in [0.25, 0.3) is 0 Å². The first-order valence-electron chi connectivity index (χ1n) is 4.69. The van der Waals surface area contributed by atoms with Gasteiger partial charge in [-0.2, -0.15) is 0 Å². The van der Waals surface area contributed by atoms with E-state index in [0.717, 1.165) is 0 Å². The van der Waals surface area contributed by atoms with Crippen molar-refractivity contribution in [1.29, 1.82) is 0 Å². The van der Waals surface area contributed by atoms with Gasteiger partial charge in [0.1, 0.15) is 5.82 Å². The summed E-state index contributed by atoms with van der Waals surface area (Å²) < 4.78 is 0. The summed E-state index contributed by atoms with van der Waals surface area (Å²) in [5.74, 6) is 0.759. The second-order valence-corrected chi connectivity index (χ2v) is 3.47. The highest BCUT2D eigenvalue weighted by Crippen LogP contribution is 2.09. The number of urea groups is 1. The lowest BCUT2D eigenvalue weighted by Gasteiger charge is -2.05. The van der Waals surface area contributed by atoms with Crippen molar-refractivity contribution < 1.29 is 4.79 Å². The summed E-state index contributed by atoms with van der Waals surface area (Å²) in [5.41, 5.74) is 0. The Morgan fingerprint density at radius 3 is 2.53 bits per heavy atom. The van der Waals surface area contributed by atoms with Crippen LogP contribution in [0.1, 0.15) is 0 Å². The largest absolute Gasteiger partial charge is 0.326 e. The monoisotopic (exact) mass is 249 g/mol. The normalized spacial score (nSPS) is 9.71. The number of hydrogen-bond acceptors (Lipinski definition) is 4. The van der Waals surface area contributed by atoms with Crippen molar-refractivity contribution in [1.82, 2.24) is 15.0 Å². The summed E-state index contributed by atoms with van der Waals surface area (Å²) in [5, 5.41) is 5.54. The van der Waals surface area contributed by atoms with Crippen molar-refractivity contribution in [3.05, 3.63) is 41.9 Å². The van der Waals surface area contributed by atoms with Crippen molar-refractivity contribution in [3.63, 3.8) is 0 Å². The van der Waals surface area contributed by atoms with Crippen molar-refractivity contribution in [2.45, 2.75) is 0 Å². The molecule has 2 heterocycles. The smallest absolute Gasteiger partial charge is 0.292 e. The fourth-order valence-electron chi connectivity index (χ4n) is 1.08. The van der Waals surface area contributed by atoms with Gasteiger partial charge in [-0.05, 0) is 12.1 Å². The second kappa shape index (κ2) is 5.22. The molecule has 2 N–H and O–H groups in total. The van der Waals surface area contributed by atoms with E-state index in [4.69, 9.17) is 11.6 Å². The lowest BCUT2D eigenvalue weighted by molar-refractivity contribution is 0.262. The van der Waals surface area contributed by atoms with Crippen LogP contribution in [-0.4, -0.2) is 21.0 Å². The van der Waals surface area contributed by atoms with Gasteiger partial charge >= 0.3 is 6.03 Å². The number of rotatable bonds is 2. The summed E-state index contributed by atoms with van der Waals surface area (Å²) in [6.07, 6.45) is 5.88. The highest BCUT2D eigenvalue weighted by Gasteiger charge is 2.03. The maximum absolute atomic E-state index is 11.5. The van der Waals surface area contributed by atoms with Crippen LogP contribution in [0, 0.1) is 0 Å². The third-order valence-electron chi connectivity index (χ3n) is 1.77. The average molecular weight is 250 g/mol. The number of pyridine rings is 1. The fourth-order valence-corrected chi connectivity index (χ4v) is 1.19. The predicted molar refractivity (Wildman–Crippen MR) is 63.9 cm³/mol. The summed E-state index contributed by atoms with van der Waals surface area (Å²) in [6, 6.07) is 2.78. The number of amides is 2. The second-order valence-electron chi connectivity index (χ2n) is 3.03. The lowest BCUT2D eigenvalue weighted by atomic mass is 10.4. The predicted octanol–water partition coefficient (Wildman–Crippen LogP) is 2.17. The molecule has 0 saturated carbocycles. The van der Waals surface area contributed by atoms with Crippen LogP contribution < -0.4 is 10.6 Å². The van der Waals surface area contributed by atoms with E-state index in [1.54, 1.807) is 12.1 Å². The van der Waals surface area contributed by atoms with Crippen LogP contribution in [0.3, 0.4) is 0 Å². The molecular weight excluding hydrogens is 242 g/mol. The Morgan fingerprint density at radius 1 is 1.06 bits per heavy atom. The van der Waals surface area contributed by atoms with E-state index >= 15 is 0 Å². The third kappa shape index (κ3) is 3.39. The zero-order valence-electron chi connectivity index (χ0n) is 8.59. The number of aromatic nitrogens is 3. The quantitative estimate of drug-likeness (QED) is 0.855. The number of halogens is 1. The molecule has 7 heteroatoms. The Bertz CT molecular complexity index is 502. The number of anilines is 2. The van der Waals surface area contributed by atoms with Crippen LogP contribution >= 0.6 is 11.6 Å². The fraction of sp³-hybridized carbons (Fsp3) is 0. The topological polar surface area (TPSA) is 79.8 Å². The highest BCUT2D eigenvalue weighted by atomic mass is 35.5. The van der Waals surface area contributed by atoms with Gasteiger partial charge in [-0.25, -0.2) is 14.8 Å². The molecule has 0 aliphatic rings. The number of hydrogen-bond donors (Lipinski definition) is 2. The molecule has 2 rings (SSSR count). The van der Waals surface area contributed by atoms with E-state index in [9.17, 15) is 4.79 Å². The molecule has 6 nitrogen and oxygen atoms in total. The molecule has 0 unspecified atom stereocenters. The summed E-state index contributed by atoms with van der Waals surface area (Å²) in [6.45, 7) is 0.